The van der Waals surface area contributed by atoms with E-state index in [4.69, 9.17) is 0 Å². The van der Waals surface area contributed by atoms with Gasteiger partial charge in [-0.2, -0.15) is 0 Å². The Bertz CT molecular complexity index is 428. The van der Waals surface area contributed by atoms with Crippen molar-refractivity contribution < 1.29 is 8.78 Å². The van der Waals surface area contributed by atoms with Crippen molar-refractivity contribution in [2.75, 3.05) is 0 Å². The first-order valence-corrected chi connectivity index (χ1v) is 5.56. The van der Waals surface area contributed by atoms with Gasteiger partial charge in [-0.25, -0.2) is 8.78 Å². The zero-order chi connectivity index (χ0) is 10.8. The fourth-order valence-electron chi connectivity index (χ4n) is 3.51. The number of halogens is 2. The molecule has 0 saturated heterocycles. The Hall–Kier alpha value is -0.920. The van der Waals surface area contributed by atoms with E-state index in [1.54, 1.807) is 0 Å². The molecule has 2 atom stereocenters. The zero-order valence-electron chi connectivity index (χ0n) is 8.98. The molecule has 1 saturated carbocycles. The molecule has 0 N–H and O–H groups in total. The molecule has 0 bridgehead atoms. The Labute approximate surface area is 88.3 Å². The quantitative estimate of drug-likeness (QED) is 0.612. The molecule has 3 rings (SSSR count). The average Bonchev–Trinajstić information content (AvgIpc) is 2.60. The molecule has 0 amide bonds. The molecule has 2 aliphatic carbocycles. The van der Waals surface area contributed by atoms with Gasteiger partial charge in [0, 0.05) is 5.41 Å². The maximum atomic E-state index is 13.2. The monoisotopic (exact) mass is 208 g/mol. The molecule has 1 aromatic rings. The number of fused-ring (bicyclic) bond motifs is 2. The summed E-state index contributed by atoms with van der Waals surface area (Å²) < 4.78 is 26.3. The van der Waals surface area contributed by atoms with E-state index in [-0.39, 0.29) is 5.41 Å². The van der Waals surface area contributed by atoms with E-state index >= 15 is 0 Å². The second-order valence-corrected chi connectivity index (χ2v) is 5.04. The Balaban J connectivity index is 2.16. The maximum Gasteiger partial charge on any atom is 0.159 e. The van der Waals surface area contributed by atoms with Crippen LogP contribution in [0.4, 0.5) is 8.78 Å². The highest BCUT2D eigenvalue weighted by atomic mass is 19.2. The number of aryl methyl sites for hydroxylation is 1. The van der Waals surface area contributed by atoms with E-state index in [1.807, 2.05) is 0 Å². The van der Waals surface area contributed by atoms with Crippen molar-refractivity contribution in [3.05, 3.63) is 34.9 Å². The molecule has 0 aliphatic heterocycles. The predicted molar refractivity (Wildman–Crippen MR) is 54.7 cm³/mol. The van der Waals surface area contributed by atoms with E-state index in [0.29, 0.717) is 11.8 Å². The molecule has 0 nitrogen and oxygen atoms in total. The molecule has 0 radical (unpaired) electrons. The van der Waals surface area contributed by atoms with Gasteiger partial charge in [-0.3, -0.25) is 0 Å². The van der Waals surface area contributed by atoms with Crippen LogP contribution >= 0.6 is 0 Å². The van der Waals surface area contributed by atoms with Crippen LogP contribution in [0, 0.1) is 23.5 Å². The fraction of sp³-hybridized carbons (Fsp3) is 0.538. The first-order chi connectivity index (χ1) is 7.07. The van der Waals surface area contributed by atoms with E-state index in [9.17, 15) is 8.78 Å². The summed E-state index contributed by atoms with van der Waals surface area (Å²) in [6, 6.07) is 2.81. The second-order valence-electron chi connectivity index (χ2n) is 5.04. The Kier molecular flexibility index (Phi) is 1.62. The predicted octanol–water partition coefficient (Wildman–Crippen LogP) is 3.43. The van der Waals surface area contributed by atoms with Crippen LogP contribution in [0.1, 0.15) is 31.4 Å². The third-order valence-corrected chi connectivity index (χ3v) is 4.72. The molecule has 80 valence electrons. The van der Waals surface area contributed by atoms with Crippen molar-refractivity contribution >= 4 is 0 Å². The summed E-state index contributed by atoms with van der Waals surface area (Å²) in [5.74, 6) is -0.166. The van der Waals surface area contributed by atoms with Gasteiger partial charge in [0.15, 0.2) is 11.6 Å². The van der Waals surface area contributed by atoms with Crippen molar-refractivity contribution in [2.45, 2.75) is 32.1 Å². The van der Waals surface area contributed by atoms with Crippen LogP contribution in [0.3, 0.4) is 0 Å². The van der Waals surface area contributed by atoms with Crippen molar-refractivity contribution in [3.63, 3.8) is 0 Å². The highest BCUT2D eigenvalue weighted by molar-refractivity contribution is 5.46. The highest BCUT2D eigenvalue weighted by Gasteiger charge is 2.62. The fourth-order valence-corrected chi connectivity index (χ4v) is 3.51. The Morgan fingerprint density at radius 1 is 1.13 bits per heavy atom. The molecule has 1 aromatic carbocycles. The molecule has 2 unspecified atom stereocenters. The SMILES string of the molecule is CC1C(C)C12CCc1cc(F)c(F)cc12. The van der Waals surface area contributed by atoms with Gasteiger partial charge >= 0.3 is 0 Å². The molecule has 2 heteroatoms. The minimum Gasteiger partial charge on any atom is -0.204 e. The number of rotatable bonds is 0. The van der Waals surface area contributed by atoms with Crippen LogP contribution in [0.15, 0.2) is 12.1 Å². The minimum atomic E-state index is -0.702. The number of benzene rings is 1. The van der Waals surface area contributed by atoms with Crippen LogP contribution < -0.4 is 0 Å². The summed E-state index contributed by atoms with van der Waals surface area (Å²) in [7, 11) is 0. The minimum absolute atomic E-state index is 0.171. The second kappa shape index (κ2) is 2.60. The maximum absolute atomic E-state index is 13.2. The van der Waals surface area contributed by atoms with Gasteiger partial charge in [0.2, 0.25) is 0 Å². The molecule has 0 aromatic heterocycles. The summed E-state index contributed by atoms with van der Waals surface area (Å²) >= 11 is 0. The summed E-state index contributed by atoms with van der Waals surface area (Å²) in [6.07, 6.45) is 1.97. The summed E-state index contributed by atoms with van der Waals surface area (Å²) in [5, 5.41) is 0. The lowest BCUT2D eigenvalue weighted by Crippen LogP contribution is -2.06. The van der Waals surface area contributed by atoms with E-state index in [2.05, 4.69) is 13.8 Å². The van der Waals surface area contributed by atoms with Gasteiger partial charge in [-0.05, 0) is 47.9 Å². The normalized spacial score (nSPS) is 37.1. The largest absolute Gasteiger partial charge is 0.204 e. The summed E-state index contributed by atoms with van der Waals surface area (Å²) in [6.45, 7) is 4.42. The molecule has 1 spiro atoms. The van der Waals surface area contributed by atoms with Crippen LogP contribution in [0.25, 0.3) is 0 Å². The highest BCUT2D eigenvalue weighted by Crippen LogP contribution is 2.65. The van der Waals surface area contributed by atoms with Gasteiger partial charge in [-0.1, -0.05) is 13.8 Å². The van der Waals surface area contributed by atoms with Crippen molar-refractivity contribution in [1.29, 1.82) is 0 Å². The van der Waals surface area contributed by atoms with E-state index in [0.717, 1.165) is 24.0 Å². The average molecular weight is 208 g/mol. The summed E-state index contributed by atoms with van der Waals surface area (Å²) in [4.78, 5) is 0. The number of hydrogen-bond donors (Lipinski definition) is 0. The van der Waals surface area contributed by atoms with Crippen LogP contribution in [0.2, 0.25) is 0 Å². The molecular formula is C13H14F2. The third-order valence-electron chi connectivity index (χ3n) is 4.72. The lowest BCUT2D eigenvalue weighted by molar-refractivity contribution is 0.504. The Morgan fingerprint density at radius 3 is 2.33 bits per heavy atom. The van der Waals surface area contributed by atoms with Crippen LogP contribution in [0.5, 0.6) is 0 Å². The molecule has 0 heterocycles. The van der Waals surface area contributed by atoms with Gasteiger partial charge in [0.1, 0.15) is 0 Å². The van der Waals surface area contributed by atoms with Gasteiger partial charge in [0.05, 0.1) is 0 Å². The van der Waals surface area contributed by atoms with Crippen molar-refractivity contribution in [3.8, 4) is 0 Å². The first kappa shape index (κ1) is 9.32. The molecular weight excluding hydrogens is 194 g/mol. The first-order valence-electron chi connectivity index (χ1n) is 5.56. The van der Waals surface area contributed by atoms with Gasteiger partial charge < -0.3 is 0 Å². The van der Waals surface area contributed by atoms with E-state index < -0.39 is 11.6 Å². The molecule has 2 aliphatic rings. The zero-order valence-corrected chi connectivity index (χ0v) is 8.98. The van der Waals surface area contributed by atoms with Crippen LogP contribution in [-0.2, 0) is 11.8 Å². The standard InChI is InChI=1S/C13H14F2/c1-7-8(2)13(7)4-3-9-5-11(14)12(15)6-10(9)13/h5-8H,3-4H2,1-2H3. The Morgan fingerprint density at radius 2 is 1.73 bits per heavy atom. The third kappa shape index (κ3) is 0.952. The smallest absolute Gasteiger partial charge is 0.159 e. The lowest BCUT2D eigenvalue weighted by atomic mass is 9.94. The number of hydrogen-bond acceptors (Lipinski definition) is 0. The summed E-state index contributed by atoms with van der Waals surface area (Å²) in [5.41, 5.74) is 2.26. The van der Waals surface area contributed by atoms with Gasteiger partial charge in [0.25, 0.3) is 0 Å². The van der Waals surface area contributed by atoms with Crippen molar-refractivity contribution in [2.24, 2.45) is 11.8 Å². The van der Waals surface area contributed by atoms with Gasteiger partial charge in [-0.15, -0.1) is 0 Å². The van der Waals surface area contributed by atoms with E-state index in [1.165, 1.54) is 12.1 Å². The molecule has 1 fully saturated rings. The van der Waals surface area contributed by atoms with Crippen LogP contribution in [-0.4, -0.2) is 0 Å². The molecule has 15 heavy (non-hydrogen) atoms. The van der Waals surface area contributed by atoms with Crippen molar-refractivity contribution in [1.82, 2.24) is 0 Å². The lowest BCUT2D eigenvalue weighted by Gasteiger charge is -2.11. The topological polar surface area (TPSA) is 0 Å².